The first kappa shape index (κ1) is 21.0. The van der Waals surface area contributed by atoms with Crippen molar-refractivity contribution >= 4 is 23.3 Å². The molecule has 0 bridgehead atoms. The zero-order valence-electron chi connectivity index (χ0n) is 17.6. The van der Waals surface area contributed by atoms with Crippen LogP contribution in [0.4, 0.5) is 4.79 Å². The Bertz CT molecular complexity index is 890. The average Bonchev–Trinajstić information content (AvgIpc) is 3.27. The minimum Gasteiger partial charge on any atom is -0.324 e. The first-order valence-electron chi connectivity index (χ1n) is 10.5. The monoisotopic (exact) mass is 427 g/mol. The molecule has 30 heavy (non-hydrogen) atoms. The van der Waals surface area contributed by atoms with Crippen molar-refractivity contribution in [2.75, 3.05) is 39.3 Å². The van der Waals surface area contributed by atoms with Gasteiger partial charge in [0.1, 0.15) is 10.5 Å². The Morgan fingerprint density at radius 3 is 2.40 bits per heavy atom. The number of aromatic nitrogens is 1. The van der Waals surface area contributed by atoms with Crippen LogP contribution in [0.3, 0.4) is 0 Å². The zero-order valence-corrected chi connectivity index (χ0v) is 18.5. The largest absolute Gasteiger partial charge is 0.325 e. The van der Waals surface area contributed by atoms with E-state index in [2.05, 4.69) is 32.6 Å². The second-order valence-corrected chi connectivity index (χ2v) is 9.35. The van der Waals surface area contributed by atoms with Crippen LogP contribution in [-0.2, 0) is 11.3 Å². The van der Waals surface area contributed by atoms with Gasteiger partial charge in [0.25, 0.3) is 5.91 Å². The number of imide groups is 1. The highest BCUT2D eigenvalue weighted by molar-refractivity contribution is 7.13. The number of thiazole rings is 1. The van der Waals surface area contributed by atoms with E-state index in [0.717, 1.165) is 56.4 Å². The molecule has 3 amide bonds. The smallest absolute Gasteiger partial charge is 0.324 e. The lowest BCUT2D eigenvalue weighted by molar-refractivity contribution is -0.130. The average molecular weight is 428 g/mol. The standard InChI is InChI=1S/C22H29N5O2S/c1-22(2)20(28)27(21(29)24-22)10-6-9-25-11-13-26(14-12-25)15-18-16-30-19(23-18)17-7-4-3-5-8-17/h3-5,7-8,16H,6,9-15H2,1-2H3,(H,24,29). The number of carbonyl (C=O) groups is 2. The van der Waals surface area contributed by atoms with Crippen molar-refractivity contribution in [3.63, 3.8) is 0 Å². The summed E-state index contributed by atoms with van der Waals surface area (Å²) in [6.07, 6.45) is 0.807. The van der Waals surface area contributed by atoms with Gasteiger partial charge in [-0.1, -0.05) is 30.3 Å². The molecule has 2 fully saturated rings. The van der Waals surface area contributed by atoms with Gasteiger partial charge in [0, 0.05) is 50.2 Å². The Morgan fingerprint density at radius 2 is 1.73 bits per heavy atom. The van der Waals surface area contributed by atoms with E-state index in [0.29, 0.717) is 6.54 Å². The number of carbonyl (C=O) groups excluding carboxylic acids is 2. The SMILES string of the molecule is CC1(C)NC(=O)N(CCCN2CCN(Cc3csc(-c4ccccc4)n3)CC2)C1=O. The molecule has 160 valence electrons. The molecule has 0 unspecified atom stereocenters. The van der Waals surface area contributed by atoms with Gasteiger partial charge < -0.3 is 10.2 Å². The van der Waals surface area contributed by atoms with Crippen molar-refractivity contribution in [3.8, 4) is 10.6 Å². The molecule has 0 radical (unpaired) electrons. The van der Waals surface area contributed by atoms with E-state index in [1.54, 1.807) is 25.2 Å². The minimum absolute atomic E-state index is 0.129. The van der Waals surface area contributed by atoms with Crippen LogP contribution in [0.25, 0.3) is 10.6 Å². The van der Waals surface area contributed by atoms with Crippen LogP contribution in [0, 0.1) is 0 Å². The van der Waals surface area contributed by atoms with Gasteiger partial charge in [-0.3, -0.25) is 14.6 Å². The Kier molecular flexibility index (Phi) is 6.17. The summed E-state index contributed by atoms with van der Waals surface area (Å²) in [5.74, 6) is -0.129. The van der Waals surface area contributed by atoms with Crippen molar-refractivity contribution < 1.29 is 9.59 Å². The molecule has 2 aliphatic rings. The predicted octanol–water partition coefficient (Wildman–Crippen LogP) is 2.65. The molecule has 2 aromatic rings. The number of rotatable bonds is 7. The van der Waals surface area contributed by atoms with Crippen LogP contribution in [0.2, 0.25) is 0 Å². The van der Waals surface area contributed by atoms with Crippen molar-refractivity contribution in [3.05, 3.63) is 41.4 Å². The lowest BCUT2D eigenvalue weighted by atomic mass is 10.1. The van der Waals surface area contributed by atoms with E-state index < -0.39 is 5.54 Å². The second-order valence-electron chi connectivity index (χ2n) is 8.49. The summed E-state index contributed by atoms with van der Waals surface area (Å²) < 4.78 is 0. The molecule has 0 spiro atoms. The van der Waals surface area contributed by atoms with Gasteiger partial charge in [-0.05, 0) is 26.8 Å². The van der Waals surface area contributed by atoms with Crippen molar-refractivity contribution in [2.45, 2.75) is 32.4 Å². The van der Waals surface area contributed by atoms with E-state index in [-0.39, 0.29) is 11.9 Å². The van der Waals surface area contributed by atoms with Crippen LogP contribution >= 0.6 is 11.3 Å². The van der Waals surface area contributed by atoms with Gasteiger partial charge >= 0.3 is 6.03 Å². The van der Waals surface area contributed by atoms with Gasteiger partial charge in [-0.15, -0.1) is 11.3 Å². The fraction of sp³-hybridized carbons (Fsp3) is 0.500. The topological polar surface area (TPSA) is 68.8 Å². The Morgan fingerprint density at radius 1 is 1.03 bits per heavy atom. The molecule has 8 heteroatoms. The first-order valence-corrected chi connectivity index (χ1v) is 11.4. The quantitative estimate of drug-likeness (QED) is 0.688. The molecule has 0 aliphatic carbocycles. The molecular weight excluding hydrogens is 398 g/mol. The summed E-state index contributed by atoms with van der Waals surface area (Å²) in [5.41, 5.74) is 1.53. The fourth-order valence-corrected chi connectivity index (χ4v) is 4.78. The number of nitrogens with zero attached hydrogens (tertiary/aromatic N) is 4. The fourth-order valence-electron chi connectivity index (χ4n) is 3.97. The Hall–Kier alpha value is -2.29. The van der Waals surface area contributed by atoms with Gasteiger partial charge in [-0.2, -0.15) is 0 Å². The highest BCUT2D eigenvalue weighted by Crippen LogP contribution is 2.24. The van der Waals surface area contributed by atoms with Crippen LogP contribution in [-0.4, -0.2) is 76.4 Å². The number of hydrogen-bond acceptors (Lipinski definition) is 6. The number of benzene rings is 1. The maximum Gasteiger partial charge on any atom is 0.325 e. The van der Waals surface area contributed by atoms with Crippen LogP contribution in [0.5, 0.6) is 0 Å². The molecular formula is C22H29N5O2S. The molecule has 3 heterocycles. The van der Waals surface area contributed by atoms with Crippen LogP contribution in [0.15, 0.2) is 35.7 Å². The molecule has 2 saturated heterocycles. The molecule has 1 aromatic carbocycles. The minimum atomic E-state index is -0.779. The Labute approximate surface area is 181 Å². The number of amides is 3. The van der Waals surface area contributed by atoms with E-state index in [4.69, 9.17) is 4.98 Å². The lowest BCUT2D eigenvalue weighted by Crippen LogP contribution is -2.46. The molecule has 1 aromatic heterocycles. The normalized spacial score (nSPS) is 20.0. The van der Waals surface area contributed by atoms with Crippen LogP contribution in [0.1, 0.15) is 26.0 Å². The van der Waals surface area contributed by atoms with Gasteiger partial charge in [0.2, 0.25) is 0 Å². The highest BCUT2D eigenvalue weighted by atomic mass is 32.1. The number of piperazine rings is 1. The van der Waals surface area contributed by atoms with E-state index in [1.807, 2.05) is 18.2 Å². The third-order valence-electron chi connectivity index (χ3n) is 5.72. The van der Waals surface area contributed by atoms with Crippen molar-refractivity contribution in [1.82, 2.24) is 25.0 Å². The third-order valence-corrected chi connectivity index (χ3v) is 6.66. The third kappa shape index (κ3) is 4.71. The predicted molar refractivity (Wildman–Crippen MR) is 118 cm³/mol. The molecule has 1 N–H and O–H groups in total. The summed E-state index contributed by atoms with van der Waals surface area (Å²) in [7, 11) is 0. The molecule has 0 atom stereocenters. The van der Waals surface area contributed by atoms with Crippen molar-refractivity contribution in [2.24, 2.45) is 0 Å². The summed E-state index contributed by atoms with van der Waals surface area (Å²) in [5, 5.41) is 5.97. The van der Waals surface area contributed by atoms with Gasteiger partial charge in [0.05, 0.1) is 5.69 Å². The number of urea groups is 1. The van der Waals surface area contributed by atoms with Crippen LogP contribution < -0.4 is 5.32 Å². The van der Waals surface area contributed by atoms with E-state index in [1.165, 1.54) is 10.5 Å². The first-order chi connectivity index (χ1) is 14.4. The Balaban J connectivity index is 1.19. The number of nitrogens with one attached hydrogen (secondary N) is 1. The molecule has 2 aliphatic heterocycles. The number of hydrogen-bond donors (Lipinski definition) is 1. The lowest BCUT2D eigenvalue weighted by Gasteiger charge is -2.34. The van der Waals surface area contributed by atoms with Gasteiger partial charge in [0.15, 0.2) is 0 Å². The summed E-state index contributed by atoms with van der Waals surface area (Å²) in [6, 6.07) is 10.0. The highest BCUT2D eigenvalue weighted by Gasteiger charge is 2.43. The van der Waals surface area contributed by atoms with Gasteiger partial charge in [-0.25, -0.2) is 9.78 Å². The van der Waals surface area contributed by atoms with E-state index in [9.17, 15) is 9.59 Å². The summed E-state index contributed by atoms with van der Waals surface area (Å²) >= 11 is 1.70. The van der Waals surface area contributed by atoms with E-state index >= 15 is 0 Å². The maximum absolute atomic E-state index is 12.2. The second kappa shape index (κ2) is 8.83. The summed E-state index contributed by atoms with van der Waals surface area (Å²) in [6.45, 7) is 9.78. The zero-order chi connectivity index (χ0) is 21.1. The van der Waals surface area contributed by atoms with Crippen molar-refractivity contribution in [1.29, 1.82) is 0 Å². The molecule has 4 rings (SSSR count). The molecule has 0 saturated carbocycles. The maximum atomic E-state index is 12.2. The molecule has 7 nitrogen and oxygen atoms in total. The summed E-state index contributed by atoms with van der Waals surface area (Å²) in [4.78, 5) is 35.2.